The number of rotatable bonds is 5. The summed E-state index contributed by atoms with van der Waals surface area (Å²) in [5, 5.41) is 8.88. The van der Waals surface area contributed by atoms with Gasteiger partial charge in [0.15, 0.2) is 0 Å². The fourth-order valence-electron chi connectivity index (χ4n) is 2.85. The molecule has 20 heavy (non-hydrogen) atoms. The molecule has 1 N–H and O–H groups in total. The predicted octanol–water partition coefficient (Wildman–Crippen LogP) is 1.79. The maximum Gasteiger partial charge on any atom is 0.317 e. The topological polar surface area (TPSA) is 49.8 Å². The highest BCUT2D eigenvalue weighted by molar-refractivity contribution is 5.69. The van der Waals surface area contributed by atoms with Crippen LogP contribution in [0.2, 0.25) is 0 Å². The summed E-state index contributed by atoms with van der Waals surface area (Å²) in [5.41, 5.74) is 1.05. The van der Waals surface area contributed by atoms with E-state index < -0.39 is 5.97 Å². The van der Waals surface area contributed by atoms with Crippen LogP contribution >= 0.6 is 0 Å². The van der Waals surface area contributed by atoms with Crippen molar-refractivity contribution in [1.82, 2.24) is 4.90 Å². The molecule has 1 fully saturated rings. The third kappa shape index (κ3) is 4.02. The zero-order valence-corrected chi connectivity index (χ0v) is 11.6. The van der Waals surface area contributed by atoms with E-state index in [9.17, 15) is 9.18 Å². The molecule has 0 aliphatic carbocycles. The average Bonchev–Trinajstić information content (AvgIpc) is 2.41. The summed E-state index contributed by atoms with van der Waals surface area (Å²) >= 11 is 0. The van der Waals surface area contributed by atoms with Crippen molar-refractivity contribution in [1.29, 1.82) is 0 Å². The number of benzene rings is 1. The van der Waals surface area contributed by atoms with Crippen LogP contribution in [0, 0.1) is 11.7 Å². The van der Waals surface area contributed by atoms with Crippen molar-refractivity contribution in [2.75, 3.05) is 26.7 Å². The van der Waals surface area contributed by atoms with E-state index in [0.717, 1.165) is 24.9 Å². The molecule has 1 heterocycles. The molecule has 4 nitrogen and oxygen atoms in total. The molecule has 5 heteroatoms. The molecule has 1 saturated heterocycles. The Kier molecular flexibility index (Phi) is 5.09. The highest BCUT2D eigenvalue weighted by Crippen LogP contribution is 2.23. The van der Waals surface area contributed by atoms with Gasteiger partial charge < -0.3 is 9.84 Å². The van der Waals surface area contributed by atoms with Crippen LogP contribution in [-0.4, -0.2) is 48.8 Å². The second-order valence-electron chi connectivity index (χ2n) is 5.28. The summed E-state index contributed by atoms with van der Waals surface area (Å²) < 4.78 is 18.4. The van der Waals surface area contributed by atoms with Crippen LogP contribution in [0.15, 0.2) is 24.3 Å². The Balaban J connectivity index is 2.01. The first kappa shape index (κ1) is 14.9. The molecule has 0 aromatic heterocycles. The second-order valence-corrected chi connectivity index (χ2v) is 5.28. The van der Waals surface area contributed by atoms with Crippen molar-refractivity contribution < 1.29 is 19.0 Å². The smallest absolute Gasteiger partial charge is 0.317 e. The minimum Gasteiger partial charge on any atom is -0.480 e. The van der Waals surface area contributed by atoms with Crippen molar-refractivity contribution >= 4 is 5.97 Å². The number of nitrogens with zero attached hydrogens (tertiary/aromatic N) is 1. The third-order valence-electron chi connectivity index (χ3n) is 3.82. The van der Waals surface area contributed by atoms with Gasteiger partial charge in [0.25, 0.3) is 0 Å². The molecular weight excluding hydrogens is 261 g/mol. The lowest BCUT2D eigenvalue weighted by atomic mass is 9.88. The number of methoxy groups -OCH3 is 1. The van der Waals surface area contributed by atoms with E-state index in [2.05, 4.69) is 0 Å². The fraction of sp³-hybridized carbons (Fsp3) is 0.533. The lowest BCUT2D eigenvalue weighted by molar-refractivity contribution is -0.139. The molecule has 0 unspecified atom stereocenters. The predicted molar refractivity (Wildman–Crippen MR) is 73.1 cm³/mol. The number of halogens is 1. The highest BCUT2D eigenvalue weighted by Gasteiger charge is 2.30. The van der Waals surface area contributed by atoms with E-state index >= 15 is 0 Å². The van der Waals surface area contributed by atoms with Gasteiger partial charge in [-0.2, -0.15) is 0 Å². The largest absolute Gasteiger partial charge is 0.480 e. The summed E-state index contributed by atoms with van der Waals surface area (Å²) in [7, 11) is 1.69. The van der Waals surface area contributed by atoms with Gasteiger partial charge in [-0.25, -0.2) is 4.39 Å². The normalized spacial score (nSPS) is 23.7. The fourth-order valence-corrected chi connectivity index (χ4v) is 2.85. The Morgan fingerprint density at radius 2 is 2.15 bits per heavy atom. The van der Waals surface area contributed by atoms with Crippen LogP contribution in [0.25, 0.3) is 0 Å². The lowest BCUT2D eigenvalue weighted by Gasteiger charge is -2.37. The van der Waals surface area contributed by atoms with Crippen molar-refractivity contribution in [3.8, 4) is 0 Å². The summed E-state index contributed by atoms with van der Waals surface area (Å²) in [5.74, 6) is -0.812. The van der Waals surface area contributed by atoms with Gasteiger partial charge in [0, 0.05) is 26.1 Å². The van der Waals surface area contributed by atoms with Crippen LogP contribution in [0.4, 0.5) is 4.39 Å². The van der Waals surface area contributed by atoms with E-state index in [0.29, 0.717) is 6.54 Å². The summed E-state index contributed by atoms with van der Waals surface area (Å²) in [4.78, 5) is 12.7. The molecule has 1 aliphatic heterocycles. The summed E-state index contributed by atoms with van der Waals surface area (Å²) in [6, 6.07) is 6.46. The minimum atomic E-state index is -0.804. The van der Waals surface area contributed by atoms with Gasteiger partial charge in [0.05, 0.1) is 12.6 Å². The SMILES string of the molecule is CO[C@@H]1CCN(CC(=O)O)C[C@H]1Cc1ccc(F)cc1. The third-order valence-corrected chi connectivity index (χ3v) is 3.82. The molecule has 0 saturated carbocycles. The van der Waals surface area contributed by atoms with Gasteiger partial charge in [-0.3, -0.25) is 9.69 Å². The molecule has 1 aromatic rings. The zero-order chi connectivity index (χ0) is 14.5. The van der Waals surface area contributed by atoms with Gasteiger partial charge in [0.1, 0.15) is 5.82 Å². The van der Waals surface area contributed by atoms with Crippen LogP contribution in [0.3, 0.4) is 0 Å². The monoisotopic (exact) mass is 281 g/mol. The maximum atomic E-state index is 12.9. The Hall–Kier alpha value is -1.46. The molecule has 0 spiro atoms. The summed E-state index contributed by atoms with van der Waals surface area (Å²) in [6.45, 7) is 1.50. The first-order valence-electron chi connectivity index (χ1n) is 6.80. The second kappa shape index (κ2) is 6.81. The molecule has 0 radical (unpaired) electrons. The zero-order valence-electron chi connectivity index (χ0n) is 11.6. The van der Waals surface area contributed by atoms with Crippen LogP contribution in [0.5, 0.6) is 0 Å². The first-order valence-corrected chi connectivity index (χ1v) is 6.80. The Bertz CT molecular complexity index is 449. The van der Waals surface area contributed by atoms with E-state index in [4.69, 9.17) is 9.84 Å². The van der Waals surface area contributed by atoms with E-state index in [1.165, 1.54) is 12.1 Å². The molecule has 2 rings (SSSR count). The minimum absolute atomic E-state index is 0.0658. The molecule has 1 aliphatic rings. The standard InChI is InChI=1S/C15H20FNO3/c1-20-14-6-7-17(10-15(18)19)9-12(14)8-11-2-4-13(16)5-3-11/h2-5,12,14H,6-10H2,1H3,(H,18,19)/t12-,14-/m1/s1. The van der Waals surface area contributed by atoms with E-state index in [1.54, 1.807) is 19.2 Å². The van der Waals surface area contributed by atoms with Gasteiger partial charge in [-0.05, 0) is 30.5 Å². The van der Waals surface area contributed by atoms with Crippen LogP contribution in [0.1, 0.15) is 12.0 Å². The number of hydrogen-bond donors (Lipinski definition) is 1. The Morgan fingerprint density at radius 3 is 2.75 bits per heavy atom. The molecule has 1 aromatic carbocycles. The van der Waals surface area contributed by atoms with Gasteiger partial charge in [-0.1, -0.05) is 12.1 Å². The molecule has 0 amide bonds. The van der Waals surface area contributed by atoms with Crippen molar-refractivity contribution in [2.45, 2.75) is 18.9 Å². The quantitative estimate of drug-likeness (QED) is 0.894. The first-order chi connectivity index (χ1) is 9.58. The van der Waals surface area contributed by atoms with Gasteiger partial charge in [0.2, 0.25) is 0 Å². The lowest BCUT2D eigenvalue weighted by Crippen LogP contribution is -2.46. The molecule has 110 valence electrons. The van der Waals surface area contributed by atoms with E-state index in [1.807, 2.05) is 4.90 Å². The number of carboxylic acid groups (broad SMARTS) is 1. The van der Waals surface area contributed by atoms with Crippen LogP contribution in [-0.2, 0) is 16.0 Å². The number of carboxylic acids is 1. The molecular formula is C15H20FNO3. The van der Waals surface area contributed by atoms with Gasteiger partial charge in [-0.15, -0.1) is 0 Å². The number of aliphatic carboxylic acids is 1. The number of likely N-dealkylation sites (tertiary alicyclic amines) is 1. The van der Waals surface area contributed by atoms with E-state index in [-0.39, 0.29) is 24.4 Å². The number of ether oxygens (including phenoxy) is 1. The number of carbonyl (C=O) groups is 1. The summed E-state index contributed by atoms with van der Waals surface area (Å²) in [6.07, 6.45) is 1.73. The average molecular weight is 281 g/mol. The molecule has 2 atom stereocenters. The van der Waals surface area contributed by atoms with Crippen molar-refractivity contribution in [2.24, 2.45) is 5.92 Å². The van der Waals surface area contributed by atoms with Crippen molar-refractivity contribution in [3.63, 3.8) is 0 Å². The Labute approximate surface area is 118 Å². The van der Waals surface area contributed by atoms with Gasteiger partial charge >= 0.3 is 5.97 Å². The highest BCUT2D eigenvalue weighted by atomic mass is 19.1. The Morgan fingerprint density at radius 1 is 1.45 bits per heavy atom. The van der Waals surface area contributed by atoms with Crippen molar-refractivity contribution in [3.05, 3.63) is 35.6 Å². The number of piperidine rings is 1. The maximum absolute atomic E-state index is 12.9. The van der Waals surface area contributed by atoms with Crippen LogP contribution < -0.4 is 0 Å². The number of hydrogen-bond acceptors (Lipinski definition) is 3. The molecule has 0 bridgehead atoms.